The summed E-state index contributed by atoms with van der Waals surface area (Å²) in [6, 6.07) is 7.71. The molecule has 8 heteroatoms. The number of rotatable bonds is 4. The van der Waals surface area contributed by atoms with Crippen molar-refractivity contribution in [3.8, 4) is 0 Å². The van der Waals surface area contributed by atoms with Crippen LogP contribution in [-0.2, 0) is 16.0 Å². The first-order valence-corrected chi connectivity index (χ1v) is 9.24. The van der Waals surface area contributed by atoms with Gasteiger partial charge >= 0.3 is 6.09 Å². The van der Waals surface area contributed by atoms with E-state index in [4.69, 9.17) is 39.5 Å². The van der Waals surface area contributed by atoms with E-state index in [-0.39, 0.29) is 12.6 Å². The number of hydrogen-bond donors (Lipinski definition) is 1. The normalized spacial score (nSPS) is 17.5. The molecule has 1 unspecified atom stereocenters. The van der Waals surface area contributed by atoms with Crippen LogP contribution in [0.4, 0.5) is 4.79 Å². The topological polar surface area (TPSA) is 62.4 Å². The predicted octanol–water partition coefficient (Wildman–Crippen LogP) is 4.72. The van der Waals surface area contributed by atoms with Crippen LogP contribution in [0.3, 0.4) is 0 Å². The maximum Gasteiger partial charge on any atom is 0.410 e. The maximum absolute atomic E-state index is 12.5. The van der Waals surface area contributed by atoms with Gasteiger partial charge in [0.15, 0.2) is 0 Å². The maximum atomic E-state index is 12.5. The van der Waals surface area contributed by atoms with Gasteiger partial charge < -0.3 is 9.72 Å². The summed E-state index contributed by atoms with van der Waals surface area (Å²) in [5.74, 6) is 0. The minimum Gasteiger partial charge on any atom is -0.445 e. The van der Waals surface area contributed by atoms with Gasteiger partial charge in [-0.1, -0.05) is 59.1 Å². The van der Waals surface area contributed by atoms with E-state index in [1.807, 2.05) is 18.2 Å². The number of allylic oxidation sites excluding steroid dienone is 1. The molecule has 1 N–H and O–H groups in total. The first-order chi connectivity index (χ1) is 12.4. The number of nitrogens with one attached hydrogen (secondary N) is 1. The Labute approximate surface area is 165 Å². The smallest absolute Gasteiger partial charge is 0.410 e. The lowest BCUT2D eigenvalue weighted by molar-refractivity contribution is -0.104. The fourth-order valence-corrected chi connectivity index (χ4v) is 3.44. The quantitative estimate of drug-likeness (QED) is 0.446. The molecule has 1 amide bonds. The van der Waals surface area contributed by atoms with E-state index >= 15 is 0 Å². The third-order valence-electron chi connectivity index (χ3n) is 4.33. The lowest BCUT2D eigenvalue weighted by atomic mass is 9.95. The van der Waals surface area contributed by atoms with Crippen LogP contribution in [0.25, 0.3) is 10.9 Å². The second-order valence-electron chi connectivity index (χ2n) is 5.99. The number of aldehydes is 1. The molecule has 138 valence electrons. The Bertz CT molecular complexity index is 842. The molecule has 0 spiro atoms. The summed E-state index contributed by atoms with van der Waals surface area (Å²) in [4.78, 5) is 28.2. The molecule has 1 aliphatic heterocycles. The molecular weight excluding hydrogens is 399 g/mol. The van der Waals surface area contributed by atoms with Crippen molar-refractivity contribution in [2.24, 2.45) is 0 Å². The monoisotopic (exact) mass is 414 g/mol. The molecule has 3 rings (SSSR count). The predicted molar refractivity (Wildman–Crippen MR) is 103 cm³/mol. The fraction of sp³-hybridized carbons (Fsp3) is 0.333. The summed E-state index contributed by atoms with van der Waals surface area (Å²) in [5, 5.41) is 1.14. The van der Waals surface area contributed by atoms with Crippen LogP contribution in [0.1, 0.15) is 23.7 Å². The fourth-order valence-electron chi connectivity index (χ4n) is 3.27. The van der Waals surface area contributed by atoms with Crippen molar-refractivity contribution in [2.45, 2.75) is 22.7 Å². The number of carbonyl (C=O) groups excluding carboxylic acids is 2. The average Bonchev–Trinajstić information content (AvgIpc) is 2.98. The number of hydrogen-bond acceptors (Lipinski definition) is 3. The number of benzene rings is 1. The second-order valence-corrected chi connectivity index (χ2v) is 8.51. The van der Waals surface area contributed by atoms with E-state index in [1.54, 1.807) is 11.0 Å². The molecule has 1 atom stereocenters. The van der Waals surface area contributed by atoms with Crippen LogP contribution in [0.15, 0.2) is 36.4 Å². The Morgan fingerprint density at radius 2 is 2.12 bits per heavy atom. The Morgan fingerprint density at radius 3 is 2.85 bits per heavy atom. The van der Waals surface area contributed by atoms with Crippen LogP contribution in [-0.4, -0.2) is 39.2 Å². The zero-order valence-corrected chi connectivity index (χ0v) is 16.0. The molecule has 2 aromatic rings. The van der Waals surface area contributed by atoms with Crippen LogP contribution in [0.2, 0.25) is 0 Å². The van der Waals surface area contributed by atoms with Crippen molar-refractivity contribution >= 4 is 58.1 Å². The van der Waals surface area contributed by atoms with Crippen LogP contribution in [0.5, 0.6) is 0 Å². The average molecular weight is 416 g/mol. The molecule has 0 saturated carbocycles. The number of aromatic nitrogens is 1. The molecule has 0 bridgehead atoms. The van der Waals surface area contributed by atoms with Crippen LogP contribution in [0, 0.1) is 0 Å². The number of ether oxygens (including phenoxy) is 1. The van der Waals surface area contributed by atoms with Crippen molar-refractivity contribution in [1.29, 1.82) is 0 Å². The first kappa shape index (κ1) is 19.1. The highest BCUT2D eigenvalue weighted by Gasteiger charge is 2.34. The molecule has 5 nitrogen and oxygen atoms in total. The Hall–Kier alpha value is -1.69. The summed E-state index contributed by atoms with van der Waals surface area (Å²) < 4.78 is 3.49. The highest BCUT2D eigenvalue weighted by Crippen LogP contribution is 2.37. The number of amides is 1. The van der Waals surface area contributed by atoms with E-state index in [1.165, 1.54) is 11.6 Å². The number of alkyl halides is 3. The van der Waals surface area contributed by atoms with E-state index < -0.39 is 9.89 Å². The Balaban J connectivity index is 1.91. The van der Waals surface area contributed by atoms with Gasteiger partial charge in [0.2, 0.25) is 3.79 Å². The van der Waals surface area contributed by atoms with E-state index in [2.05, 4.69) is 11.1 Å². The van der Waals surface area contributed by atoms with Gasteiger partial charge in [0.1, 0.15) is 12.9 Å². The summed E-state index contributed by atoms with van der Waals surface area (Å²) >= 11 is 17.0. The molecule has 1 aliphatic rings. The highest BCUT2D eigenvalue weighted by molar-refractivity contribution is 6.67. The SMILES string of the molecule is O=C/C=C\CC1c2[nH]c3ccccc3c2CCN1C(=O)OCC(Cl)(Cl)Cl. The van der Waals surface area contributed by atoms with Crippen LogP contribution >= 0.6 is 34.8 Å². The molecule has 0 saturated heterocycles. The lowest BCUT2D eigenvalue weighted by Crippen LogP contribution is -2.41. The number of halogens is 3. The van der Waals surface area contributed by atoms with Gasteiger partial charge in [-0.25, -0.2) is 4.79 Å². The van der Waals surface area contributed by atoms with Gasteiger partial charge in [-0.2, -0.15) is 0 Å². The Kier molecular flexibility index (Phi) is 5.80. The third kappa shape index (κ3) is 4.17. The van der Waals surface area contributed by atoms with Gasteiger partial charge in [-0.3, -0.25) is 9.69 Å². The number of carbonyl (C=O) groups is 2. The molecule has 26 heavy (non-hydrogen) atoms. The van der Waals surface area contributed by atoms with Crippen molar-refractivity contribution in [3.63, 3.8) is 0 Å². The number of nitrogens with zero attached hydrogens (tertiary/aromatic N) is 1. The van der Waals surface area contributed by atoms with Gasteiger partial charge in [-0.05, 0) is 30.5 Å². The molecule has 1 aromatic heterocycles. The number of H-pyrrole nitrogens is 1. The minimum atomic E-state index is -1.66. The largest absolute Gasteiger partial charge is 0.445 e. The van der Waals surface area contributed by atoms with Crippen molar-refractivity contribution in [1.82, 2.24) is 9.88 Å². The van der Waals surface area contributed by atoms with Crippen LogP contribution < -0.4 is 0 Å². The summed E-state index contributed by atoms with van der Waals surface area (Å²) in [6.45, 7) is 0.149. The molecule has 0 fully saturated rings. The van der Waals surface area contributed by atoms with E-state index in [9.17, 15) is 9.59 Å². The van der Waals surface area contributed by atoms with Crippen molar-refractivity contribution in [3.05, 3.63) is 47.7 Å². The van der Waals surface area contributed by atoms with Gasteiger partial charge in [-0.15, -0.1) is 0 Å². The first-order valence-electron chi connectivity index (χ1n) is 8.10. The van der Waals surface area contributed by atoms with Gasteiger partial charge in [0, 0.05) is 23.1 Å². The molecular formula is C18H17Cl3N2O3. The summed E-state index contributed by atoms with van der Waals surface area (Å²) in [5.41, 5.74) is 3.13. The second kappa shape index (κ2) is 7.91. The van der Waals surface area contributed by atoms with E-state index in [0.717, 1.165) is 16.6 Å². The third-order valence-corrected chi connectivity index (χ3v) is 4.65. The number of aromatic amines is 1. The van der Waals surface area contributed by atoms with E-state index in [0.29, 0.717) is 25.7 Å². The molecule has 0 aliphatic carbocycles. The number of para-hydroxylation sites is 1. The molecule has 1 aromatic carbocycles. The zero-order valence-electron chi connectivity index (χ0n) is 13.8. The summed E-state index contributed by atoms with van der Waals surface area (Å²) in [7, 11) is 0. The van der Waals surface area contributed by atoms with Crippen molar-refractivity contribution in [2.75, 3.05) is 13.2 Å². The molecule has 2 heterocycles. The summed E-state index contributed by atoms with van der Waals surface area (Å²) in [6.07, 6.45) is 4.47. The molecule has 0 radical (unpaired) electrons. The minimum absolute atomic E-state index is 0.287. The van der Waals surface area contributed by atoms with Crippen molar-refractivity contribution < 1.29 is 14.3 Å². The number of fused-ring (bicyclic) bond motifs is 3. The standard InChI is InChI=1S/C18H17Cl3N2O3/c19-18(20,21)11-26-17(25)23-9-8-13-12-5-1-2-6-14(12)22-16(13)15(23)7-3-4-10-24/h1-6,10,15,22H,7-9,11H2/b4-3-. The Morgan fingerprint density at radius 1 is 1.35 bits per heavy atom. The lowest BCUT2D eigenvalue weighted by Gasteiger charge is -2.34. The van der Waals surface area contributed by atoms with Gasteiger partial charge in [0.05, 0.1) is 6.04 Å². The highest BCUT2D eigenvalue weighted by atomic mass is 35.6. The van der Waals surface area contributed by atoms with Gasteiger partial charge in [0.25, 0.3) is 0 Å². The zero-order chi connectivity index (χ0) is 18.7.